The summed E-state index contributed by atoms with van der Waals surface area (Å²) in [5.41, 5.74) is 0. The molecule has 0 aromatic heterocycles. The molecule has 0 aliphatic carbocycles. The lowest BCUT2D eigenvalue weighted by atomic mass is 9.98. The number of hydrogen-bond donors (Lipinski definition) is 6. The SMILES string of the molecule is CO[C@H]1C[C@@H](O)[C@H](O[C@H]2C[C@@H](O)[C@H](O[C@@H]3CC[C@H](O[C@@H]4O[C@@H](C=O)[C@@H](O[C@@H]5C[C@@H](O)[C@H](O)[C@H](C)O5)[C@H](O)C4O)C(C)O3)CO2)C(C)O1. The monoisotopic (exact) mass is 682 g/mol. The summed E-state index contributed by atoms with van der Waals surface area (Å²) in [5.74, 6) is 0. The van der Waals surface area contributed by atoms with E-state index in [9.17, 15) is 35.4 Å². The summed E-state index contributed by atoms with van der Waals surface area (Å²) in [7, 11) is 1.50. The maximum atomic E-state index is 11.9. The number of ether oxygens (including phenoxy) is 10. The van der Waals surface area contributed by atoms with Crippen LogP contribution in [0.5, 0.6) is 0 Å². The highest BCUT2D eigenvalue weighted by Gasteiger charge is 2.50. The first-order valence-electron chi connectivity index (χ1n) is 16.3. The number of aliphatic hydroxyl groups is 6. The fraction of sp³-hybridized carbons (Fsp3) is 0.967. The quantitative estimate of drug-likeness (QED) is 0.134. The average molecular weight is 683 g/mol. The maximum Gasteiger partial charge on any atom is 0.187 e. The molecule has 17 nitrogen and oxygen atoms in total. The number of carbonyl (C=O) groups excluding carboxylic acids is 1. The van der Waals surface area contributed by atoms with E-state index in [4.69, 9.17) is 47.4 Å². The van der Waals surface area contributed by atoms with Crippen molar-refractivity contribution in [2.24, 2.45) is 0 Å². The number of rotatable bonds is 10. The van der Waals surface area contributed by atoms with Gasteiger partial charge in [-0.2, -0.15) is 0 Å². The summed E-state index contributed by atoms with van der Waals surface area (Å²) in [5, 5.41) is 62.9. The summed E-state index contributed by atoms with van der Waals surface area (Å²) in [6, 6.07) is 0. The van der Waals surface area contributed by atoms with Crippen LogP contribution in [-0.2, 0) is 52.2 Å². The molecule has 5 aliphatic heterocycles. The largest absolute Gasteiger partial charge is 0.390 e. The van der Waals surface area contributed by atoms with Gasteiger partial charge in [-0.3, -0.25) is 0 Å². The van der Waals surface area contributed by atoms with Gasteiger partial charge in [0.15, 0.2) is 37.7 Å². The van der Waals surface area contributed by atoms with E-state index < -0.39 is 117 Å². The van der Waals surface area contributed by atoms with Crippen molar-refractivity contribution >= 4 is 6.29 Å². The van der Waals surface area contributed by atoms with Gasteiger partial charge in [0.25, 0.3) is 0 Å². The van der Waals surface area contributed by atoms with Crippen LogP contribution in [0, 0.1) is 0 Å². The van der Waals surface area contributed by atoms with Gasteiger partial charge >= 0.3 is 0 Å². The minimum atomic E-state index is -1.59. The molecule has 5 fully saturated rings. The van der Waals surface area contributed by atoms with Crippen molar-refractivity contribution in [3.8, 4) is 0 Å². The lowest BCUT2D eigenvalue weighted by Gasteiger charge is -2.45. The van der Waals surface area contributed by atoms with Crippen molar-refractivity contribution in [3.05, 3.63) is 0 Å². The number of methoxy groups -OCH3 is 1. The highest BCUT2D eigenvalue weighted by molar-refractivity contribution is 5.57. The van der Waals surface area contributed by atoms with Gasteiger partial charge in [0.05, 0.1) is 49.3 Å². The first-order valence-corrected chi connectivity index (χ1v) is 16.3. The van der Waals surface area contributed by atoms with E-state index >= 15 is 0 Å². The molecule has 17 heteroatoms. The van der Waals surface area contributed by atoms with Crippen molar-refractivity contribution in [2.75, 3.05) is 13.7 Å². The second-order valence-electron chi connectivity index (χ2n) is 12.9. The van der Waals surface area contributed by atoms with E-state index in [1.54, 1.807) is 20.8 Å². The summed E-state index contributed by atoms with van der Waals surface area (Å²) < 4.78 is 57.5. The molecule has 5 rings (SSSR count). The van der Waals surface area contributed by atoms with Crippen LogP contribution in [0.25, 0.3) is 0 Å². The fourth-order valence-corrected chi connectivity index (χ4v) is 6.61. The maximum absolute atomic E-state index is 11.9. The van der Waals surface area contributed by atoms with E-state index in [-0.39, 0.29) is 25.9 Å². The van der Waals surface area contributed by atoms with Gasteiger partial charge in [0.2, 0.25) is 0 Å². The first-order chi connectivity index (χ1) is 22.4. The molecular weight excluding hydrogens is 632 g/mol. The standard InChI is InChI=1S/C30H50O17/c1-12-18(44-30-27(37)26(36)29(19(10-31)45-30)47-24-8-16(33)25(35)13(2)41-24)5-6-21(40-12)43-20-11-39-23(7-15(20)32)46-28-14(3)42-22(38-4)9-17(28)34/h10,12-30,32-37H,5-9,11H2,1-4H3/t12?,13-,14?,15+,16+,17+,18-,19-,20+,21+,22+,23-,24+,25+,26+,27?,28+,29+,30+/m0/s1. The van der Waals surface area contributed by atoms with Crippen LogP contribution in [-0.4, -0.2) is 168 Å². The molecule has 47 heavy (non-hydrogen) atoms. The van der Waals surface area contributed by atoms with E-state index in [0.29, 0.717) is 19.1 Å². The van der Waals surface area contributed by atoms with Gasteiger partial charge in [0.1, 0.15) is 42.7 Å². The third-order valence-electron chi connectivity index (χ3n) is 9.43. The molecule has 5 aliphatic rings. The number of carbonyl (C=O) groups is 1. The Morgan fingerprint density at radius 1 is 0.596 bits per heavy atom. The van der Waals surface area contributed by atoms with Gasteiger partial charge in [-0.05, 0) is 27.2 Å². The van der Waals surface area contributed by atoms with Crippen LogP contribution in [0.2, 0.25) is 0 Å². The van der Waals surface area contributed by atoms with Crippen LogP contribution < -0.4 is 0 Å². The molecule has 19 atom stereocenters. The van der Waals surface area contributed by atoms with Crippen LogP contribution in [0.3, 0.4) is 0 Å². The molecule has 0 spiro atoms. The van der Waals surface area contributed by atoms with Crippen molar-refractivity contribution in [2.45, 2.75) is 170 Å². The Labute approximate surface area is 272 Å². The second kappa shape index (κ2) is 16.4. The van der Waals surface area contributed by atoms with E-state index in [2.05, 4.69) is 0 Å². The first kappa shape index (κ1) is 37.3. The predicted molar refractivity (Wildman–Crippen MR) is 153 cm³/mol. The van der Waals surface area contributed by atoms with Crippen molar-refractivity contribution < 1.29 is 82.8 Å². The number of aldehydes is 1. The highest BCUT2D eigenvalue weighted by Crippen LogP contribution is 2.33. The molecule has 6 N–H and O–H groups in total. The van der Waals surface area contributed by atoms with E-state index in [0.717, 1.165) is 0 Å². The molecule has 0 saturated carbocycles. The van der Waals surface area contributed by atoms with Crippen LogP contribution in [0.1, 0.15) is 52.9 Å². The Morgan fingerprint density at radius 3 is 1.89 bits per heavy atom. The van der Waals surface area contributed by atoms with Crippen LogP contribution >= 0.6 is 0 Å². The van der Waals surface area contributed by atoms with Crippen molar-refractivity contribution in [1.82, 2.24) is 0 Å². The van der Waals surface area contributed by atoms with Crippen molar-refractivity contribution in [3.63, 3.8) is 0 Å². The number of hydrogen-bond acceptors (Lipinski definition) is 17. The zero-order chi connectivity index (χ0) is 34.0. The lowest BCUT2D eigenvalue weighted by Crippen LogP contribution is -2.62. The average Bonchev–Trinajstić information content (AvgIpc) is 3.03. The Bertz CT molecular complexity index is 968. The van der Waals surface area contributed by atoms with E-state index in [1.807, 2.05) is 0 Å². The molecule has 0 aromatic rings. The van der Waals surface area contributed by atoms with E-state index in [1.165, 1.54) is 7.11 Å². The third kappa shape index (κ3) is 8.86. The molecule has 0 bridgehead atoms. The Hall–Kier alpha value is -0.970. The Balaban J connectivity index is 1.07. The number of aliphatic hydroxyl groups excluding tert-OH is 6. The zero-order valence-electron chi connectivity index (χ0n) is 27.0. The molecule has 0 radical (unpaired) electrons. The third-order valence-corrected chi connectivity index (χ3v) is 9.43. The molecule has 3 unspecified atom stereocenters. The highest BCUT2D eigenvalue weighted by atomic mass is 16.8. The molecule has 5 saturated heterocycles. The molecule has 272 valence electrons. The fourth-order valence-electron chi connectivity index (χ4n) is 6.61. The summed E-state index contributed by atoms with van der Waals surface area (Å²) in [6.07, 6.45) is -16.5. The minimum absolute atomic E-state index is 0.0272. The van der Waals surface area contributed by atoms with Gasteiger partial charge in [-0.25, -0.2) is 0 Å². The molecule has 5 heterocycles. The second-order valence-corrected chi connectivity index (χ2v) is 12.9. The van der Waals surface area contributed by atoms with Gasteiger partial charge in [0, 0.05) is 32.8 Å². The van der Waals surface area contributed by atoms with Crippen LogP contribution in [0.15, 0.2) is 0 Å². The van der Waals surface area contributed by atoms with Crippen LogP contribution in [0.4, 0.5) is 0 Å². The lowest BCUT2D eigenvalue weighted by molar-refractivity contribution is -0.348. The van der Waals surface area contributed by atoms with Gasteiger partial charge in [-0.15, -0.1) is 0 Å². The molecule has 0 amide bonds. The zero-order valence-corrected chi connectivity index (χ0v) is 27.0. The smallest absolute Gasteiger partial charge is 0.187 e. The van der Waals surface area contributed by atoms with Gasteiger partial charge in [-0.1, -0.05) is 0 Å². The minimum Gasteiger partial charge on any atom is -0.390 e. The van der Waals surface area contributed by atoms with Crippen molar-refractivity contribution in [1.29, 1.82) is 0 Å². The molecular formula is C30H50O17. The Morgan fingerprint density at radius 2 is 1.26 bits per heavy atom. The normalized spacial score (nSPS) is 51.4. The Kier molecular flexibility index (Phi) is 13.0. The molecule has 0 aromatic carbocycles. The summed E-state index contributed by atoms with van der Waals surface area (Å²) in [4.78, 5) is 11.9. The van der Waals surface area contributed by atoms with Gasteiger partial charge < -0.3 is 82.8 Å². The summed E-state index contributed by atoms with van der Waals surface area (Å²) >= 11 is 0. The topological polar surface area (TPSA) is 231 Å². The predicted octanol–water partition coefficient (Wildman–Crippen LogP) is -2.20. The summed E-state index contributed by atoms with van der Waals surface area (Å²) in [6.45, 7) is 5.08.